The van der Waals surface area contributed by atoms with Crippen LogP contribution < -0.4 is 14.8 Å². The Kier molecular flexibility index (Phi) is 7.09. The molecule has 0 saturated carbocycles. The standard InChI is InChI=1S/C19H20F3N3O5/c1-24(11-12-4-7-16(29-2)17(8-12)30-3)18(26)10-23-14-6-5-13(19(20,21)22)9-15(14)25(27)28/h4-9,23H,10-11H2,1-3H3. The minimum atomic E-state index is -4.71. The Balaban J connectivity index is 2.07. The Morgan fingerprint density at radius 2 is 1.80 bits per heavy atom. The van der Waals surface area contributed by atoms with E-state index in [4.69, 9.17) is 9.47 Å². The predicted molar refractivity (Wildman–Crippen MR) is 103 cm³/mol. The van der Waals surface area contributed by atoms with E-state index in [9.17, 15) is 28.1 Å². The van der Waals surface area contributed by atoms with Crippen molar-refractivity contribution in [2.75, 3.05) is 33.1 Å². The monoisotopic (exact) mass is 427 g/mol. The summed E-state index contributed by atoms with van der Waals surface area (Å²) in [5.41, 5.74) is -1.33. The number of likely N-dealkylation sites (N-methyl/N-ethyl adjacent to an activating group) is 1. The lowest BCUT2D eigenvalue weighted by Gasteiger charge is -2.19. The Morgan fingerprint density at radius 1 is 1.13 bits per heavy atom. The van der Waals surface area contributed by atoms with Gasteiger partial charge in [-0.3, -0.25) is 14.9 Å². The van der Waals surface area contributed by atoms with E-state index >= 15 is 0 Å². The van der Waals surface area contributed by atoms with Crippen molar-refractivity contribution in [1.29, 1.82) is 0 Å². The number of hydrogen-bond acceptors (Lipinski definition) is 6. The minimum absolute atomic E-state index is 0.180. The van der Waals surface area contributed by atoms with E-state index in [-0.39, 0.29) is 18.8 Å². The quantitative estimate of drug-likeness (QED) is 0.510. The Labute approximate surface area is 170 Å². The Bertz CT molecular complexity index is 934. The van der Waals surface area contributed by atoms with E-state index in [0.717, 1.165) is 11.6 Å². The maximum absolute atomic E-state index is 12.8. The number of rotatable bonds is 8. The molecule has 8 nitrogen and oxygen atoms in total. The second kappa shape index (κ2) is 9.33. The molecule has 30 heavy (non-hydrogen) atoms. The molecule has 1 amide bonds. The molecule has 0 unspecified atom stereocenters. The normalized spacial score (nSPS) is 11.0. The van der Waals surface area contributed by atoms with Crippen molar-refractivity contribution in [2.24, 2.45) is 0 Å². The summed E-state index contributed by atoms with van der Waals surface area (Å²) in [5, 5.41) is 13.6. The molecule has 0 spiro atoms. The number of carbonyl (C=O) groups excluding carboxylic acids is 1. The van der Waals surface area contributed by atoms with Gasteiger partial charge in [-0.25, -0.2) is 0 Å². The second-order valence-corrected chi connectivity index (χ2v) is 6.28. The fourth-order valence-electron chi connectivity index (χ4n) is 2.66. The highest BCUT2D eigenvalue weighted by Crippen LogP contribution is 2.35. The number of amides is 1. The Hall–Kier alpha value is -3.50. The number of carbonyl (C=O) groups is 1. The molecule has 0 aliphatic carbocycles. The first-order valence-corrected chi connectivity index (χ1v) is 8.61. The van der Waals surface area contributed by atoms with Gasteiger partial charge in [0, 0.05) is 19.7 Å². The number of benzene rings is 2. The fraction of sp³-hybridized carbons (Fsp3) is 0.316. The van der Waals surface area contributed by atoms with Crippen molar-refractivity contribution < 1.29 is 32.4 Å². The molecule has 0 radical (unpaired) electrons. The van der Waals surface area contributed by atoms with Crippen LogP contribution in [-0.4, -0.2) is 43.5 Å². The maximum atomic E-state index is 12.8. The SMILES string of the molecule is COc1ccc(CN(C)C(=O)CNc2ccc(C(F)(F)F)cc2[N+](=O)[O-])cc1OC. The largest absolute Gasteiger partial charge is 0.493 e. The number of nitrogens with zero attached hydrogens (tertiary/aromatic N) is 2. The summed E-state index contributed by atoms with van der Waals surface area (Å²) >= 11 is 0. The molecule has 0 heterocycles. The lowest BCUT2D eigenvalue weighted by atomic mass is 10.1. The van der Waals surface area contributed by atoms with Crippen LogP contribution in [0.25, 0.3) is 0 Å². The number of methoxy groups -OCH3 is 2. The van der Waals surface area contributed by atoms with E-state index in [2.05, 4.69) is 5.32 Å². The number of nitro groups is 1. The van der Waals surface area contributed by atoms with Gasteiger partial charge in [0.2, 0.25) is 5.91 Å². The van der Waals surface area contributed by atoms with Gasteiger partial charge in [-0.2, -0.15) is 13.2 Å². The average molecular weight is 427 g/mol. The summed E-state index contributed by atoms with van der Waals surface area (Å²) in [5.74, 6) is 0.611. The molecule has 0 fully saturated rings. The molecule has 0 bridgehead atoms. The summed E-state index contributed by atoms with van der Waals surface area (Å²) in [6.07, 6.45) is -4.71. The molecule has 2 rings (SSSR count). The second-order valence-electron chi connectivity index (χ2n) is 6.28. The van der Waals surface area contributed by atoms with Gasteiger partial charge < -0.3 is 19.7 Å². The first-order chi connectivity index (χ1) is 14.1. The van der Waals surface area contributed by atoms with Crippen molar-refractivity contribution in [3.05, 3.63) is 57.6 Å². The highest BCUT2D eigenvalue weighted by atomic mass is 19.4. The molecular weight excluding hydrogens is 407 g/mol. The number of nitro benzene ring substituents is 1. The highest BCUT2D eigenvalue weighted by Gasteiger charge is 2.33. The smallest absolute Gasteiger partial charge is 0.416 e. The van der Waals surface area contributed by atoms with Crippen LogP contribution in [0.4, 0.5) is 24.5 Å². The summed E-state index contributed by atoms with van der Waals surface area (Å²) in [6.45, 7) is -0.119. The molecule has 162 valence electrons. The summed E-state index contributed by atoms with van der Waals surface area (Å²) in [6, 6.07) is 7.22. The van der Waals surface area contributed by atoms with E-state index in [1.165, 1.54) is 26.2 Å². The lowest BCUT2D eigenvalue weighted by Crippen LogP contribution is -2.31. The highest BCUT2D eigenvalue weighted by molar-refractivity contribution is 5.81. The van der Waals surface area contributed by atoms with Crippen LogP contribution in [-0.2, 0) is 17.5 Å². The van der Waals surface area contributed by atoms with Gasteiger partial charge in [-0.05, 0) is 29.8 Å². The molecule has 2 aromatic carbocycles. The molecule has 0 saturated heterocycles. The van der Waals surface area contributed by atoms with Crippen molar-refractivity contribution in [3.8, 4) is 11.5 Å². The van der Waals surface area contributed by atoms with Gasteiger partial charge in [-0.1, -0.05) is 6.07 Å². The van der Waals surface area contributed by atoms with Gasteiger partial charge >= 0.3 is 6.18 Å². The van der Waals surface area contributed by atoms with Crippen LogP contribution in [0, 0.1) is 10.1 Å². The van der Waals surface area contributed by atoms with Crippen molar-refractivity contribution in [2.45, 2.75) is 12.7 Å². The zero-order valence-electron chi connectivity index (χ0n) is 16.4. The van der Waals surface area contributed by atoms with Gasteiger partial charge in [0.25, 0.3) is 5.69 Å². The molecular formula is C19H20F3N3O5. The van der Waals surface area contributed by atoms with E-state index in [1.807, 2.05) is 0 Å². The molecule has 1 N–H and O–H groups in total. The van der Waals surface area contributed by atoms with Gasteiger partial charge in [0.15, 0.2) is 11.5 Å². The number of halogens is 3. The van der Waals surface area contributed by atoms with Crippen LogP contribution in [0.3, 0.4) is 0 Å². The number of anilines is 1. The van der Waals surface area contributed by atoms with Crippen LogP contribution >= 0.6 is 0 Å². The molecule has 0 aliphatic rings. The summed E-state index contributed by atoms with van der Waals surface area (Å²) in [4.78, 5) is 23.9. The number of hydrogen-bond donors (Lipinski definition) is 1. The van der Waals surface area contributed by atoms with Crippen LogP contribution in [0.2, 0.25) is 0 Å². The maximum Gasteiger partial charge on any atom is 0.416 e. The zero-order valence-corrected chi connectivity index (χ0v) is 16.4. The van der Waals surface area contributed by atoms with E-state index in [0.29, 0.717) is 23.6 Å². The van der Waals surface area contributed by atoms with Crippen LogP contribution in [0.1, 0.15) is 11.1 Å². The van der Waals surface area contributed by atoms with Crippen molar-refractivity contribution in [3.63, 3.8) is 0 Å². The van der Waals surface area contributed by atoms with E-state index < -0.39 is 28.3 Å². The minimum Gasteiger partial charge on any atom is -0.493 e. The molecule has 0 atom stereocenters. The molecule has 0 aromatic heterocycles. The van der Waals surface area contributed by atoms with Gasteiger partial charge in [0.1, 0.15) is 5.69 Å². The third-order valence-corrected chi connectivity index (χ3v) is 4.25. The summed E-state index contributed by atoms with van der Waals surface area (Å²) < 4.78 is 48.7. The van der Waals surface area contributed by atoms with Crippen molar-refractivity contribution in [1.82, 2.24) is 4.90 Å². The Morgan fingerprint density at radius 3 is 2.37 bits per heavy atom. The topological polar surface area (TPSA) is 93.9 Å². The average Bonchev–Trinajstić information content (AvgIpc) is 2.70. The first-order valence-electron chi connectivity index (χ1n) is 8.61. The third-order valence-electron chi connectivity index (χ3n) is 4.25. The predicted octanol–water partition coefficient (Wildman–Crippen LogP) is 3.70. The first kappa shape index (κ1) is 22.8. The molecule has 0 aliphatic heterocycles. The van der Waals surface area contributed by atoms with Gasteiger partial charge in [-0.15, -0.1) is 0 Å². The number of nitrogens with one attached hydrogen (secondary N) is 1. The molecule has 11 heteroatoms. The van der Waals surface area contributed by atoms with E-state index in [1.54, 1.807) is 18.2 Å². The van der Waals surface area contributed by atoms with Crippen LogP contribution in [0.5, 0.6) is 11.5 Å². The fourth-order valence-corrected chi connectivity index (χ4v) is 2.66. The van der Waals surface area contributed by atoms with Crippen LogP contribution in [0.15, 0.2) is 36.4 Å². The zero-order chi connectivity index (χ0) is 22.5. The van der Waals surface area contributed by atoms with Gasteiger partial charge in [0.05, 0.1) is 31.3 Å². The van der Waals surface area contributed by atoms with Crippen molar-refractivity contribution >= 4 is 17.3 Å². The number of alkyl halides is 3. The number of ether oxygens (including phenoxy) is 2. The lowest BCUT2D eigenvalue weighted by molar-refractivity contribution is -0.384. The summed E-state index contributed by atoms with van der Waals surface area (Å²) in [7, 11) is 4.51. The third kappa shape index (κ3) is 5.52. The molecule has 2 aromatic rings.